The summed E-state index contributed by atoms with van der Waals surface area (Å²) in [6, 6.07) is 29.6. The van der Waals surface area contributed by atoms with Crippen molar-refractivity contribution in [3.8, 4) is 22.3 Å². The average molecular weight is 486 g/mol. The van der Waals surface area contributed by atoms with Crippen molar-refractivity contribution in [3.05, 3.63) is 90.0 Å². The highest BCUT2D eigenvalue weighted by Gasteiger charge is 2.52. The molecule has 2 nitrogen and oxygen atoms in total. The van der Waals surface area contributed by atoms with Gasteiger partial charge in [-0.2, -0.15) is 0 Å². The first-order valence-corrected chi connectivity index (χ1v) is 13.9. The maximum Gasteiger partial charge on any atom is 0.494 e. The van der Waals surface area contributed by atoms with Crippen LogP contribution in [0.1, 0.15) is 70.9 Å². The molecule has 0 radical (unpaired) electrons. The van der Waals surface area contributed by atoms with Crippen LogP contribution in [0.2, 0.25) is 0 Å². The molecule has 0 amide bonds. The van der Waals surface area contributed by atoms with Gasteiger partial charge in [0, 0.05) is 5.41 Å². The van der Waals surface area contributed by atoms with E-state index in [2.05, 4.69) is 107 Å². The summed E-state index contributed by atoms with van der Waals surface area (Å²) in [6.07, 6.45) is 6.45. The highest BCUT2D eigenvalue weighted by Crippen LogP contribution is 2.56. The maximum atomic E-state index is 6.47. The van der Waals surface area contributed by atoms with Crippen molar-refractivity contribution in [2.75, 3.05) is 0 Å². The van der Waals surface area contributed by atoms with Crippen molar-refractivity contribution >= 4 is 23.4 Å². The van der Waals surface area contributed by atoms with Gasteiger partial charge in [-0.05, 0) is 96.2 Å². The average Bonchev–Trinajstić information content (AvgIpc) is 3.30. The van der Waals surface area contributed by atoms with Crippen molar-refractivity contribution in [1.82, 2.24) is 0 Å². The van der Waals surface area contributed by atoms with E-state index in [1.807, 2.05) is 0 Å². The lowest BCUT2D eigenvalue weighted by Gasteiger charge is -2.36. The van der Waals surface area contributed by atoms with E-state index in [-0.39, 0.29) is 23.7 Å². The smallest absolute Gasteiger partial charge is 0.399 e. The molecule has 0 N–H and O–H groups in total. The second kappa shape index (κ2) is 8.06. The van der Waals surface area contributed by atoms with E-state index in [1.54, 1.807) is 0 Å². The minimum atomic E-state index is -0.378. The quantitative estimate of drug-likeness (QED) is 0.267. The van der Waals surface area contributed by atoms with Crippen LogP contribution in [-0.4, -0.2) is 18.3 Å². The van der Waals surface area contributed by atoms with Crippen LogP contribution in [0.5, 0.6) is 0 Å². The van der Waals surface area contributed by atoms with Crippen LogP contribution in [0.3, 0.4) is 0 Å². The molecular formula is C34H35BO2. The second-order valence-corrected chi connectivity index (χ2v) is 12.3. The number of rotatable bonds is 2. The number of fused-ring (bicyclic) bond motifs is 6. The van der Waals surface area contributed by atoms with Crippen LogP contribution in [0.4, 0.5) is 0 Å². The fourth-order valence-corrected chi connectivity index (χ4v) is 7.00. The Bertz CT molecular complexity index is 1510. The van der Waals surface area contributed by atoms with Gasteiger partial charge in [0.05, 0.1) is 11.2 Å². The molecule has 0 aromatic heterocycles. The molecule has 0 unspecified atom stereocenters. The Kier molecular flexibility index (Phi) is 5.07. The summed E-state index contributed by atoms with van der Waals surface area (Å²) in [5.41, 5.74) is 8.97. The summed E-state index contributed by atoms with van der Waals surface area (Å²) in [5, 5.41) is 2.50. The van der Waals surface area contributed by atoms with Gasteiger partial charge in [0.25, 0.3) is 0 Å². The van der Waals surface area contributed by atoms with Gasteiger partial charge < -0.3 is 9.31 Å². The molecule has 186 valence electrons. The van der Waals surface area contributed by atoms with Gasteiger partial charge in [0.1, 0.15) is 0 Å². The Morgan fingerprint density at radius 2 is 1.30 bits per heavy atom. The molecule has 3 aliphatic rings. The monoisotopic (exact) mass is 486 g/mol. The van der Waals surface area contributed by atoms with E-state index in [1.165, 1.54) is 76.3 Å². The van der Waals surface area contributed by atoms with Crippen LogP contribution in [0, 0.1) is 0 Å². The zero-order chi connectivity index (χ0) is 25.4. The van der Waals surface area contributed by atoms with E-state index < -0.39 is 0 Å². The highest BCUT2D eigenvalue weighted by molar-refractivity contribution is 6.62. The standard InChI is InChI=1S/C34H35BO2/c1-32(2)33(3,4)37-35(36-32)25-20-23-12-6-7-13-26(23)29(22-25)24-16-17-28-27-14-8-9-15-30(27)34(31(28)21-24)18-10-5-11-19-34/h6-9,12-17,20-22H,5,10-11,18-19H2,1-4H3. The van der Waals surface area contributed by atoms with E-state index in [9.17, 15) is 0 Å². The highest BCUT2D eigenvalue weighted by atomic mass is 16.7. The molecule has 1 saturated carbocycles. The molecule has 2 aliphatic carbocycles. The van der Waals surface area contributed by atoms with Crippen LogP contribution >= 0.6 is 0 Å². The molecule has 7 rings (SSSR count). The van der Waals surface area contributed by atoms with E-state index in [4.69, 9.17) is 9.31 Å². The summed E-state index contributed by atoms with van der Waals surface area (Å²) in [4.78, 5) is 0. The molecule has 1 spiro atoms. The molecule has 4 aromatic carbocycles. The zero-order valence-corrected chi connectivity index (χ0v) is 22.4. The SMILES string of the molecule is CC1(C)OB(c2cc(-c3ccc4c(c3)C3(CCCCC3)c3ccccc3-4)c3ccccc3c2)OC1(C)C. The fourth-order valence-electron chi connectivity index (χ4n) is 7.00. The van der Waals surface area contributed by atoms with E-state index >= 15 is 0 Å². The molecule has 1 saturated heterocycles. The summed E-state index contributed by atoms with van der Waals surface area (Å²) in [5.74, 6) is 0. The van der Waals surface area contributed by atoms with Crippen LogP contribution in [0.15, 0.2) is 78.9 Å². The number of hydrogen-bond acceptors (Lipinski definition) is 2. The lowest BCUT2D eigenvalue weighted by Crippen LogP contribution is -2.41. The molecular weight excluding hydrogens is 451 g/mol. The van der Waals surface area contributed by atoms with Crippen molar-refractivity contribution < 1.29 is 9.31 Å². The molecule has 1 aliphatic heterocycles. The molecule has 2 fully saturated rings. The lowest BCUT2D eigenvalue weighted by molar-refractivity contribution is 0.00578. The summed E-state index contributed by atoms with van der Waals surface area (Å²) >= 11 is 0. The van der Waals surface area contributed by atoms with Gasteiger partial charge >= 0.3 is 7.12 Å². The predicted molar refractivity (Wildman–Crippen MR) is 154 cm³/mol. The topological polar surface area (TPSA) is 18.5 Å². The summed E-state index contributed by atoms with van der Waals surface area (Å²) in [6.45, 7) is 8.49. The molecule has 3 heteroatoms. The van der Waals surface area contributed by atoms with Crippen molar-refractivity contribution in [2.45, 2.75) is 76.4 Å². The Morgan fingerprint density at radius 1 is 0.622 bits per heavy atom. The Morgan fingerprint density at radius 3 is 2.08 bits per heavy atom. The van der Waals surface area contributed by atoms with E-state index in [0.29, 0.717) is 0 Å². The normalized spacial score (nSPS) is 20.8. The molecule has 0 bridgehead atoms. The van der Waals surface area contributed by atoms with E-state index in [0.717, 1.165) is 5.46 Å². The minimum Gasteiger partial charge on any atom is -0.399 e. The minimum absolute atomic E-state index is 0.152. The zero-order valence-electron chi connectivity index (χ0n) is 22.4. The number of hydrogen-bond donors (Lipinski definition) is 0. The van der Waals surface area contributed by atoms with Crippen molar-refractivity contribution in [2.24, 2.45) is 0 Å². The molecule has 0 atom stereocenters. The molecule has 37 heavy (non-hydrogen) atoms. The van der Waals surface area contributed by atoms with Crippen LogP contribution < -0.4 is 5.46 Å². The van der Waals surface area contributed by atoms with Gasteiger partial charge in [0.2, 0.25) is 0 Å². The largest absolute Gasteiger partial charge is 0.494 e. The lowest BCUT2D eigenvalue weighted by atomic mass is 9.67. The second-order valence-electron chi connectivity index (χ2n) is 12.3. The Balaban J connectivity index is 1.40. The fraction of sp³-hybridized carbons (Fsp3) is 0.353. The third-order valence-electron chi connectivity index (χ3n) is 9.70. The first-order chi connectivity index (χ1) is 17.8. The van der Waals surface area contributed by atoms with Crippen LogP contribution in [0.25, 0.3) is 33.0 Å². The maximum absolute atomic E-state index is 6.47. The summed E-state index contributed by atoms with van der Waals surface area (Å²) in [7, 11) is -0.378. The van der Waals surface area contributed by atoms with Crippen molar-refractivity contribution in [1.29, 1.82) is 0 Å². The first kappa shape index (κ1) is 23.3. The summed E-state index contributed by atoms with van der Waals surface area (Å²) < 4.78 is 12.9. The van der Waals surface area contributed by atoms with Gasteiger partial charge in [-0.1, -0.05) is 92.1 Å². The Labute approximate surface area is 221 Å². The third-order valence-corrected chi connectivity index (χ3v) is 9.70. The van der Waals surface area contributed by atoms with Gasteiger partial charge in [-0.15, -0.1) is 0 Å². The third kappa shape index (κ3) is 3.40. The van der Waals surface area contributed by atoms with Gasteiger partial charge in [-0.3, -0.25) is 0 Å². The van der Waals surface area contributed by atoms with Crippen molar-refractivity contribution in [3.63, 3.8) is 0 Å². The molecule has 4 aromatic rings. The van der Waals surface area contributed by atoms with Gasteiger partial charge in [0.15, 0.2) is 0 Å². The van der Waals surface area contributed by atoms with Gasteiger partial charge in [-0.25, -0.2) is 0 Å². The Hall–Kier alpha value is -2.88. The molecule has 1 heterocycles. The predicted octanol–water partition coefficient (Wildman–Crippen LogP) is 8.04. The van der Waals surface area contributed by atoms with Crippen LogP contribution in [-0.2, 0) is 14.7 Å². The first-order valence-electron chi connectivity index (χ1n) is 13.9. The number of benzene rings is 4.